The Morgan fingerprint density at radius 2 is 1.83 bits per heavy atom. The van der Waals surface area contributed by atoms with Crippen LogP contribution < -0.4 is 0 Å². The molecular weight excluding hydrogens is 442 g/mol. The average Bonchev–Trinajstić information content (AvgIpc) is 3.10. The van der Waals surface area contributed by atoms with Crippen LogP contribution in [-0.4, -0.2) is 55.9 Å². The molecule has 1 aliphatic heterocycles. The van der Waals surface area contributed by atoms with E-state index in [1.807, 2.05) is 25.3 Å². The van der Waals surface area contributed by atoms with Gasteiger partial charge in [-0.25, -0.2) is 0 Å². The van der Waals surface area contributed by atoms with Crippen LogP contribution in [-0.2, 0) is 35.2 Å². The minimum atomic E-state index is -4.66. The summed E-state index contributed by atoms with van der Waals surface area (Å²) >= 11 is 0.588. The Labute approximate surface area is 172 Å². The van der Waals surface area contributed by atoms with Gasteiger partial charge in [0, 0.05) is 30.4 Å². The van der Waals surface area contributed by atoms with Gasteiger partial charge in [-0.05, 0) is 19.9 Å². The number of thiophene rings is 1. The van der Waals surface area contributed by atoms with E-state index in [1.165, 1.54) is 12.1 Å². The summed E-state index contributed by atoms with van der Waals surface area (Å²) in [7, 11) is -9.22. The number of fused-ring (bicyclic) bond motifs is 3. The highest BCUT2D eigenvalue weighted by molar-refractivity contribution is 7.88. The zero-order valence-corrected chi connectivity index (χ0v) is 18.3. The second-order valence-corrected chi connectivity index (χ2v) is 11.3. The lowest BCUT2D eigenvalue weighted by Gasteiger charge is -2.16. The molecule has 158 valence electrons. The van der Waals surface area contributed by atoms with Crippen molar-refractivity contribution in [2.45, 2.75) is 41.7 Å². The highest BCUT2D eigenvalue weighted by atomic mass is 32.3. The molecule has 2 N–H and O–H groups in total. The van der Waals surface area contributed by atoms with Crippen LogP contribution in [0.4, 0.5) is 5.69 Å². The zero-order valence-electron chi connectivity index (χ0n) is 15.9. The van der Waals surface area contributed by atoms with Crippen molar-refractivity contribution in [2.24, 2.45) is 0 Å². The van der Waals surface area contributed by atoms with E-state index in [-0.39, 0.29) is 11.3 Å². The molecule has 0 unspecified atom stereocenters. The third-order valence-corrected chi connectivity index (χ3v) is 8.67. The van der Waals surface area contributed by atoms with Crippen LogP contribution in [0.3, 0.4) is 0 Å². The Hall–Kier alpha value is -1.86. The van der Waals surface area contributed by atoms with Crippen LogP contribution in [0.15, 0.2) is 21.2 Å². The summed E-state index contributed by atoms with van der Waals surface area (Å²) < 4.78 is 72.8. The zero-order chi connectivity index (χ0) is 21.8. The fourth-order valence-electron chi connectivity index (χ4n) is 3.67. The fourth-order valence-corrected chi connectivity index (χ4v) is 6.46. The number of hydrogen-bond acceptors (Lipinski definition) is 7. The maximum Gasteiger partial charge on any atom is 0.304 e. The van der Waals surface area contributed by atoms with Crippen molar-refractivity contribution in [3.63, 3.8) is 0 Å². The molecule has 0 spiro atoms. The molecule has 0 saturated carbocycles. The molecule has 12 heteroatoms. The monoisotopic (exact) mass is 462 g/mol. The molecule has 2 heterocycles. The predicted octanol–water partition coefficient (Wildman–Crippen LogP) is 2.35. The molecule has 0 fully saturated rings. The highest BCUT2D eigenvalue weighted by Crippen LogP contribution is 2.48. The van der Waals surface area contributed by atoms with Gasteiger partial charge in [-0.1, -0.05) is 0 Å². The summed E-state index contributed by atoms with van der Waals surface area (Å²) in [5, 5.41) is 0.337. The van der Waals surface area contributed by atoms with Crippen molar-refractivity contribution in [3.8, 4) is 0 Å². The molecule has 0 amide bonds. The normalized spacial score (nSPS) is 16.3. The van der Waals surface area contributed by atoms with E-state index < -0.39 is 34.8 Å². The summed E-state index contributed by atoms with van der Waals surface area (Å²) in [6.45, 7) is 6.65. The third kappa shape index (κ3) is 3.70. The van der Waals surface area contributed by atoms with E-state index in [1.54, 1.807) is 0 Å². The molecule has 9 nitrogen and oxygen atoms in total. The first-order valence-corrected chi connectivity index (χ1v) is 12.2. The second-order valence-electron chi connectivity index (χ2n) is 7.21. The molecular formula is C17H20NO8S3+. The second kappa shape index (κ2) is 7.13. The summed E-state index contributed by atoms with van der Waals surface area (Å²) in [5.74, 6) is 0. The van der Waals surface area contributed by atoms with Crippen LogP contribution in [0.25, 0.3) is 10.1 Å². The molecule has 2 aromatic rings. The number of rotatable bonds is 7. The Balaban J connectivity index is 2.33. The smallest absolute Gasteiger partial charge is 0.304 e. The molecule has 0 radical (unpaired) electrons. The first kappa shape index (κ1) is 21.8. The van der Waals surface area contributed by atoms with Crippen LogP contribution in [0.2, 0.25) is 0 Å². The van der Waals surface area contributed by atoms with Crippen molar-refractivity contribution < 1.29 is 40.0 Å². The van der Waals surface area contributed by atoms with Crippen molar-refractivity contribution in [2.75, 3.05) is 13.2 Å². The van der Waals surface area contributed by atoms with Crippen molar-refractivity contribution in [3.05, 3.63) is 17.7 Å². The molecule has 0 bridgehead atoms. The van der Waals surface area contributed by atoms with E-state index in [0.29, 0.717) is 47.4 Å². The van der Waals surface area contributed by atoms with E-state index in [4.69, 9.17) is 4.74 Å². The molecule has 29 heavy (non-hydrogen) atoms. The van der Waals surface area contributed by atoms with E-state index in [2.05, 4.69) is 0 Å². The van der Waals surface area contributed by atoms with Gasteiger partial charge in [0.1, 0.15) is 9.10 Å². The Kier molecular flexibility index (Phi) is 5.37. The minimum Gasteiger partial charge on any atom is -0.468 e. The first-order chi connectivity index (χ1) is 13.3. The van der Waals surface area contributed by atoms with Crippen molar-refractivity contribution in [1.82, 2.24) is 0 Å². The topological polar surface area (TPSA) is 138 Å². The molecule has 0 atom stereocenters. The number of hydrogen-bond donors (Lipinski definition) is 2. The molecule has 1 aliphatic rings. The fraction of sp³-hybridized carbons (Fsp3) is 0.412. The van der Waals surface area contributed by atoms with Gasteiger partial charge in [-0.2, -0.15) is 21.4 Å². The number of carbonyl (C=O) groups is 1. The van der Waals surface area contributed by atoms with E-state index >= 15 is 0 Å². The van der Waals surface area contributed by atoms with Gasteiger partial charge in [-0.15, -0.1) is 11.3 Å². The Morgan fingerprint density at radius 1 is 1.17 bits per heavy atom. The quantitative estimate of drug-likeness (QED) is 0.277. The standard InChI is InChI=1S/C17H19NO8S3/c1-10-17(2,3)15-11-7-14(29(23,24)25)27-16(11)13(28(20,21)22)8-12(15)18(10)5-4-6-26-9-19/h7-9H,4-6H2,1-3H3,(H-,20,21,22,23,24,25)/p+1. The van der Waals surface area contributed by atoms with Crippen LogP contribution in [0, 0.1) is 0 Å². The average molecular weight is 463 g/mol. The molecule has 1 aromatic heterocycles. The Morgan fingerprint density at radius 3 is 2.38 bits per heavy atom. The lowest BCUT2D eigenvalue weighted by atomic mass is 9.80. The van der Waals surface area contributed by atoms with Gasteiger partial charge in [-0.3, -0.25) is 13.9 Å². The van der Waals surface area contributed by atoms with Crippen LogP contribution in [0.1, 0.15) is 32.8 Å². The first-order valence-electron chi connectivity index (χ1n) is 8.53. The maximum atomic E-state index is 12.0. The summed E-state index contributed by atoms with van der Waals surface area (Å²) in [6.07, 6.45) is 0.477. The van der Waals surface area contributed by atoms with Gasteiger partial charge >= 0.3 is 10.1 Å². The third-order valence-electron chi connectivity index (χ3n) is 5.20. The highest BCUT2D eigenvalue weighted by Gasteiger charge is 2.46. The van der Waals surface area contributed by atoms with Gasteiger partial charge in [0.25, 0.3) is 16.6 Å². The van der Waals surface area contributed by atoms with Crippen LogP contribution in [0.5, 0.6) is 0 Å². The predicted molar refractivity (Wildman–Crippen MR) is 107 cm³/mol. The summed E-state index contributed by atoms with van der Waals surface area (Å²) in [6, 6.07) is 2.55. The molecule has 1 aromatic carbocycles. The Bertz CT molecular complexity index is 1250. The van der Waals surface area contributed by atoms with Crippen molar-refractivity contribution in [1.29, 1.82) is 0 Å². The lowest BCUT2D eigenvalue weighted by Crippen LogP contribution is -2.27. The van der Waals surface area contributed by atoms with Crippen molar-refractivity contribution >= 4 is 59.5 Å². The maximum absolute atomic E-state index is 12.0. The number of ether oxygens (including phenoxy) is 1. The molecule has 0 saturated heterocycles. The molecule has 0 aliphatic carbocycles. The van der Waals surface area contributed by atoms with E-state index in [0.717, 1.165) is 5.71 Å². The number of nitrogens with zero attached hydrogens (tertiary/aromatic N) is 1. The van der Waals surface area contributed by atoms with Gasteiger partial charge in [0.05, 0.1) is 16.7 Å². The van der Waals surface area contributed by atoms with Gasteiger partial charge < -0.3 is 4.74 Å². The van der Waals surface area contributed by atoms with E-state index in [9.17, 15) is 30.7 Å². The number of benzene rings is 1. The number of carbonyl (C=O) groups excluding carboxylic acids is 1. The van der Waals surface area contributed by atoms with Gasteiger partial charge in [0.15, 0.2) is 12.3 Å². The van der Waals surface area contributed by atoms with Crippen LogP contribution >= 0.6 is 11.3 Å². The minimum absolute atomic E-state index is 0.0610. The largest absolute Gasteiger partial charge is 0.468 e. The summed E-state index contributed by atoms with van der Waals surface area (Å²) in [4.78, 5) is 9.92. The lowest BCUT2D eigenvalue weighted by molar-refractivity contribution is -0.440. The SMILES string of the molecule is CC1=[N+](CCCOC=O)c2cc(S(=O)(=O)O)c3sc(S(=O)(=O)O)cc3c2C1(C)C. The summed E-state index contributed by atoms with van der Waals surface area (Å²) in [5.41, 5.74) is 1.51. The van der Waals surface area contributed by atoms with Gasteiger partial charge in [0.2, 0.25) is 5.69 Å². The molecule has 3 rings (SSSR count).